The lowest BCUT2D eigenvalue weighted by atomic mass is 9.80. The third kappa shape index (κ3) is 2.72. The van der Waals surface area contributed by atoms with Crippen LogP contribution in [-0.2, 0) is 0 Å². The van der Waals surface area contributed by atoms with Gasteiger partial charge in [-0.25, -0.2) is 0 Å². The zero-order valence-electron chi connectivity index (χ0n) is 11.1. The van der Waals surface area contributed by atoms with Crippen LogP contribution in [0.3, 0.4) is 0 Å². The van der Waals surface area contributed by atoms with Crippen LogP contribution in [0.5, 0.6) is 0 Å². The average molecular weight is 254 g/mol. The molecule has 1 aliphatic carbocycles. The number of piperidine rings is 1. The summed E-state index contributed by atoms with van der Waals surface area (Å²) in [6.45, 7) is 5.95. The van der Waals surface area contributed by atoms with E-state index in [0.717, 1.165) is 32.4 Å². The molecule has 0 aromatic heterocycles. The van der Waals surface area contributed by atoms with Crippen molar-refractivity contribution in [3.8, 4) is 0 Å². The van der Waals surface area contributed by atoms with Gasteiger partial charge in [0.1, 0.15) is 0 Å². The fourth-order valence-corrected chi connectivity index (χ4v) is 3.00. The lowest BCUT2D eigenvalue weighted by Gasteiger charge is -2.45. The molecule has 1 aliphatic heterocycles. The van der Waals surface area contributed by atoms with Gasteiger partial charge in [0.25, 0.3) is 0 Å². The van der Waals surface area contributed by atoms with Gasteiger partial charge in [-0.3, -0.25) is 15.0 Å². The van der Waals surface area contributed by atoms with Crippen LogP contribution in [0.15, 0.2) is 11.8 Å². The van der Waals surface area contributed by atoms with E-state index in [0.29, 0.717) is 18.2 Å². The Bertz CT molecular complexity index is 365. The first-order valence-electron chi connectivity index (χ1n) is 6.66. The van der Waals surface area contributed by atoms with Gasteiger partial charge in [0, 0.05) is 31.0 Å². The Hall–Kier alpha value is -0.940. The number of allylic oxidation sites excluding steroid dienone is 1. The van der Waals surface area contributed by atoms with Crippen LogP contribution in [0.2, 0.25) is 0 Å². The molecule has 0 amide bonds. The molecule has 0 radical (unpaired) electrons. The van der Waals surface area contributed by atoms with Crippen LogP contribution in [0.1, 0.15) is 39.5 Å². The zero-order chi connectivity index (χ0) is 13.3. The smallest absolute Gasteiger partial charge is 0.242 e. The molecular formula is C13H22N2O3. The molecule has 0 spiro atoms. The molecular weight excluding hydrogens is 232 g/mol. The van der Waals surface area contributed by atoms with Gasteiger partial charge in [-0.1, -0.05) is 13.8 Å². The first kappa shape index (κ1) is 13.5. The van der Waals surface area contributed by atoms with E-state index >= 15 is 0 Å². The molecule has 0 aromatic carbocycles. The van der Waals surface area contributed by atoms with E-state index in [2.05, 4.69) is 18.7 Å². The Balaban J connectivity index is 1.97. The highest BCUT2D eigenvalue weighted by molar-refractivity contribution is 5.02. The lowest BCUT2D eigenvalue weighted by Crippen LogP contribution is -2.52. The summed E-state index contributed by atoms with van der Waals surface area (Å²) in [5.74, 6) is 0. The highest BCUT2D eigenvalue weighted by Crippen LogP contribution is 2.33. The number of hydrogen-bond donors (Lipinski definition) is 1. The number of hydrogen-bond acceptors (Lipinski definition) is 4. The van der Waals surface area contributed by atoms with Crippen molar-refractivity contribution >= 4 is 0 Å². The molecule has 1 N–H and O–H groups in total. The summed E-state index contributed by atoms with van der Waals surface area (Å²) in [4.78, 5) is 12.8. The van der Waals surface area contributed by atoms with Gasteiger partial charge < -0.3 is 5.11 Å². The number of aliphatic hydroxyl groups is 1. The molecule has 1 saturated heterocycles. The minimum absolute atomic E-state index is 0.0780. The monoisotopic (exact) mass is 254 g/mol. The first-order valence-corrected chi connectivity index (χ1v) is 6.66. The van der Waals surface area contributed by atoms with Gasteiger partial charge in [-0.2, -0.15) is 0 Å². The van der Waals surface area contributed by atoms with Crippen LogP contribution >= 0.6 is 0 Å². The molecule has 0 bridgehead atoms. The minimum atomic E-state index is -0.264. The Morgan fingerprint density at radius 1 is 1.50 bits per heavy atom. The van der Waals surface area contributed by atoms with Gasteiger partial charge in [0.05, 0.1) is 11.0 Å². The molecule has 102 valence electrons. The summed E-state index contributed by atoms with van der Waals surface area (Å²) in [6.07, 6.45) is 4.53. The van der Waals surface area contributed by atoms with Crippen molar-refractivity contribution in [1.29, 1.82) is 0 Å². The van der Waals surface area contributed by atoms with Gasteiger partial charge in [0.2, 0.25) is 5.70 Å². The number of aliphatic hydroxyl groups excluding tert-OH is 1. The van der Waals surface area contributed by atoms with Crippen molar-refractivity contribution in [2.75, 3.05) is 13.1 Å². The van der Waals surface area contributed by atoms with Crippen LogP contribution in [0.4, 0.5) is 0 Å². The fraction of sp³-hybridized carbons (Fsp3) is 0.846. The number of nitrogens with zero attached hydrogens (tertiary/aromatic N) is 2. The SMILES string of the molecule is CC1(C)CN(C2CC=C([N+](=O)[O-])CC2)CC[C@@H]1O. The van der Waals surface area contributed by atoms with E-state index in [1.165, 1.54) is 0 Å². The minimum Gasteiger partial charge on any atom is -0.392 e. The normalized spacial score (nSPS) is 32.9. The van der Waals surface area contributed by atoms with Crippen molar-refractivity contribution in [3.05, 3.63) is 21.9 Å². The molecule has 1 heterocycles. The Labute approximate surface area is 108 Å². The van der Waals surface area contributed by atoms with E-state index in [9.17, 15) is 15.2 Å². The number of nitro groups is 1. The molecule has 1 unspecified atom stereocenters. The second-order valence-electron chi connectivity index (χ2n) is 6.14. The Kier molecular flexibility index (Phi) is 3.73. The first-order chi connectivity index (χ1) is 8.40. The summed E-state index contributed by atoms with van der Waals surface area (Å²) in [7, 11) is 0. The molecule has 2 rings (SSSR count). The van der Waals surface area contributed by atoms with Crippen LogP contribution in [0.25, 0.3) is 0 Å². The van der Waals surface area contributed by atoms with E-state index in [1.54, 1.807) is 6.08 Å². The largest absolute Gasteiger partial charge is 0.392 e. The maximum atomic E-state index is 10.7. The number of likely N-dealkylation sites (tertiary alicyclic amines) is 1. The Morgan fingerprint density at radius 2 is 2.22 bits per heavy atom. The molecule has 5 heteroatoms. The van der Waals surface area contributed by atoms with Gasteiger partial charge in [0.15, 0.2) is 0 Å². The lowest BCUT2D eigenvalue weighted by molar-refractivity contribution is -0.429. The topological polar surface area (TPSA) is 66.6 Å². The van der Waals surface area contributed by atoms with E-state index in [1.807, 2.05) is 0 Å². The molecule has 1 fully saturated rings. The maximum absolute atomic E-state index is 10.7. The summed E-state index contributed by atoms with van der Waals surface area (Å²) >= 11 is 0. The van der Waals surface area contributed by atoms with Crippen molar-refractivity contribution in [3.63, 3.8) is 0 Å². The maximum Gasteiger partial charge on any atom is 0.242 e. The summed E-state index contributed by atoms with van der Waals surface area (Å²) in [5.41, 5.74) is 0.285. The third-order valence-electron chi connectivity index (χ3n) is 4.31. The van der Waals surface area contributed by atoms with Crippen molar-refractivity contribution < 1.29 is 10.0 Å². The molecule has 18 heavy (non-hydrogen) atoms. The van der Waals surface area contributed by atoms with Gasteiger partial charge >= 0.3 is 0 Å². The standard InChI is InChI=1S/C13H22N2O3/c1-13(2)9-14(8-7-12(13)16)10-3-5-11(6-4-10)15(17)18/h5,10,12,16H,3-4,6-9H2,1-2H3/t10?,12-/m0/s1. The quantitative estimate of drug-likeness (QED) is 0.602. The Morgan fingerprint density at radius 3 is 2.72 bits per heavy atom. The van der Waals surface area contributed by atoms with Crippen molar-refractivity contribution in [2.45, 2.75) is 51.7 Å². The molecule has 0 aromatic rings. The van der Waals surface area contributed by atoms with E-state index in [-0.39, 0.29) is 16.4 Å². The summed E-state index contributed by atoms with van der Waals surface area (Å²) < 4.78 is 0. The molecule has 2 aliphatic rings. The second kappa shape index (κ2) is 4.97. The highest BCUT2D eigenvalue weighted by atomic mass is 16.6. The van der Waals surface area contributed by atoms with Crippen molar-refractivity contribution in [1.82, 2.24) is 4.90 Å². The highest BCUT2D eigenvalue weighted by Gasteiger charge is 2.37. The number of rotatable bonds is 2. The molecule has 5 nitrogen and oxygen atoms in total. The predicted molar refractivity (Wildman–Crippen MR) is 68.7 cm³/mol. The molecule has 2 atom stereocenters. The van der Waals surface area contributed by atoms with Crippen LogP contribution in [0, 0.1) is 15.5 Å². The summed E-state index contributed by atoms with van der Waals surface area (Å²) in [5, 5.41) is 20.6. The predicted octanol–water partition coefficient (Wildman–Crippen LogP) is 1.79. The average Bonchev–Trinajstić information content (AvgIpc) is 2.33. The van der Waals surface area contributed by atoms with Crippen LogP contribution in [-0.4, -0.2) is 40.2 Å². The van der Waals surface area contributed by atoms with E-state index < -0.39 is 0 Å². The molecule has 0 saturated carbocycles. The summed E-state index contributed by atoms with van der Waals surface area (Å²) in [6, 6.07) is 0.403. The zero-order valence-corrected chi connectivity index (χ0v) is 11.1. The fourth-order valence-electron chi connectivity index (χ4n) is 3.00. The van der Waals surface area contributed by atoms with Gasteiger partial charge in [-0.05, 0) is 25.3 Å². The van der Waals surface area contributed by atoms with Gasteiger partial charge in [-0.15, -0.1) is 0 Å². The van der Waals surface area contributed by atoms with Crippen molar-refractivity contribution in [2.24, 2.45) is 5.41 Å². The second-order valence-corrected chi connectivity index (χ2v) is 6.14. The third-order valence-corrected chi connectivity index (χ3v) is 4.31. The van der Waals surface area contributed by atoms with Crippen LogP contribution < -0.4 is 0 Å². The van der Waals surface area contributed by atoms with E-state index in [4.69, 9.17) is 0 Å².